The SMILES string of the molecule is O=[N+]([O-])C1C=NCS1. The number of hydrogen-bond acceptors (Lipinski definition) is 4. The summed E-state index contributed by atoms with van der Waals surface area (Å²) in [6.45, 7) is 0. The largest absolute Gasteiger partial charge is 0.294 e. The second kappa shape index (κ2) is 2.13. The van der Waals surface area contributed by atoms with Crippen molar-refractivity contribution >= 4 is 18.0 Å². The van der Waals surface area contributed by atoms with Crippen LogP contribution in [0.4, 0.5) is 0 Å². The third-order valence-electron chi connectivity index (χ3n) is 0.761. The lowest BCUT2D eigenvalue weighted by Crippen LogP contribution is -2.12. The monoisotopic (exact) mass is 132 g/mol. The van der Waals surface area contributed by atoms with Crippen LogP contribution >= 0.6 is 11.8 Å². The Hall–Kier alpha value is -0.580. The number of hydrogen-bond donors (Lipinski definition) is 0. The number of thioether (sulfide) groups is 1. The van der Waals surface area contributed by atoms with Crippen LogP contribution in [0, 0.1) is 10.1 Å². The van der Waals surface area contributed by atoms with Crippen LogP contribution in [0.15, 0.2) is 4.99 Å². The smallest absolute Gasteiger partial charge is 0.278 e. The van der Waals surface area contributed by atoms with Gasteiger partial charge in [0.1, 0.15) is 0 Å². The maximum atomic E-state index is 9.90. The Morgan fingerprint density at radius 3 is 3.00 bits per heavy atom. The average Bonchev–Trinajstić information content (AvgIpc) is 2.12. The van der Waals surface area contributed by atoms with E-state index in [1.807, 2.05) is 0 Å². The quantitative estimate of drug-likeness (QED) is 0.382. The highest BCUT2D eigenvalue weighted by Gasteiger charge is 2.20. The lowest BCUT2D eigenvalue weighted by molar-refractivity contribution is -0.475. The van der Waals surface area contributed by atoms with Crippen LogP contribution in [0.25, 0.3) is 0 Å². The topological polar surface area (TPSA) is 55.5 Å². The van der Waals surface area contributed by atoms with E-state index < -0.39 is 5.37 Å². The van der Waals surface area contributed by atoms with Crippen LogP contribution < -0.4 is 0 Å². The van der Waals surface area contributed by atoms with Crippen molar-refractivity contribution in [2.45, 2.75) is 5.37 Å². The van der Waals surface area contributed by atoms with Crippen LogP contribution in [0.3, 0.4) is 0 Å². The van der Waals surface area contributed by atoms with Gasteiger partial charge in [-0.3, -0.25) is 15.1 Å². The molecule has 0 aliphatic carbocycles. The maximum Gasteiger partial charge on any atom is 0.294 e. The molecule has 0 spiro atoms. The Labute approximate surface area is 50.1 Å². The molecule has 5 heteroatoms. The fourth-order valence-electron chi connectivity index (χ4n) is 0.411. The van der Waals surface area contributed by atoms with E-state index in [1.165, 1.54) is 18.0 Å². The Morgan fingerprint density at radius 1 is 2.00 bits per heavy atom. The van der Waals surface area contributed by atoms with Crippen LogP contribution in [0.2, 0.25) is 0 Å². The van der Waals surface area contributed by atoms with Gasteiger partial charge in [0.05, 0.1) is 12.1 Å². The van der Waals surface area contributed by atoms with Gasteiger partial charge in [0.2, 0.25) is 0 Å². The molecular weight excluding hydrogens is 128 g/mol. The maximum absolute atomic E-state index is 9.90. The molecule has 1 unspecified atom stereocenters. The lowest BCUT2D eigenvalue weighted by atomic mass is 10.7. The molecular formula is C3H4N2O2S. The predicted molar refractivity (Wildman–Crippen MR) is 31.7 cm³/mol. The molecule has 0 fully saturated rings. The fourth-order valence-corrected chi connectivity index (χ4v) is 1.03. The van der Waals surface area contributed by atoms with Crippen molar-refractivity contribution in [2.75, 3.05) is 5.88 Å². The highest BCUT2D eigenvalue weighted by Crippen LogP contribution is 2.14. The van der Waals surface area contributed by atoms with Crippen LogP contribution in [0.5, 0.6) is 0 Å². The second-order valence-corrected chi connectivity index (χ2v) is 2.38. The molecule has 0 bridgehead atoms. The van der Waals surface area contributed by atoms with Gasteiger partial charge in [0, 0.05) is 4.92 Å². The van der Waals surface area contributed by atoms with Gasteiger partial charge in [-0.25, -0.2) is 0 Å². The number of nitrogens with zero attached hydrogens (tertiary/aromatic N) is 2. The van der Waals surface area contributed by atoms with E-state index in [9.17, 15) is 10.1 Å². The molecule has 0 amide bonds. The molecule has 1 atom stereocenters. The van der Waals surface area contributed by atoms with Gasteiger partial charge in [-0.2, -0.15) is 0 Å². The summed E-state index contributed by atoms with van der Waals surface area (Å²) in [6, 6.07) is 0. The molecule has 0 saturated carbocycles. The number of rotatable bonds is 1. The molecule has 0 radical (unpaired) electrons. The van der Waals surface area contributed by atoms with Gasteiger partial charge in [-0.15, -0.1) is 0 Å². The molecule has 0 aromatic heterocycles. The van der Waals surface area contributed by atoms with Crippen molar-refractivity contribution in [3.8, 4) is 0 Å². The Balaban J connectivity index is 2.48. The summed E-state index contributed by atoms with van der Waals surface area (Å²) in [6.07, 6.45) is 1.37. The van der Waals surface area contributed by atoms with Gasteiger partial charge in [0.15, 0.2) is 0 Å². The standard InChI is InChI=1S/C3H4N2O2S/c6-5(7)3-1-4-2-8-3/h1,3H,2H2. The van der Waals surface area contributed by atoms with E-state index in [1.54, 1.807) is 0 Å². The van der Waals surface area contributed by atoms with Crippen molar-refractivity contribution < 1.29 is 4.92 Å². The highest BCUT2D eigenvalue weighted by molar-refractivity contribution is 8.00. The zero-order valence-electron chi connectivity index (χ0n) is 3.98. The second-order valence-electron chi connectivity index (χ2n) is 1.30. The Bertz CT molecular complexity index is 135. The number of nitro groups is 1. The van der Waals surface area contributed by atoms with Gasteiger partial charge < -0.3 is 0 Å². The first-order chi connectivity index (χ1) is 3.80. The highest BCUT2D eigenvalue weighted by atomic mass is 32.2. The van der Waals surface area contributed by atoms with Gasteiger partial charge in [0.25, 0.3) is 5.37 Å². The van der Waals surface area contributed by atoms with E-state index in [4.69, 9.17) is 0 Å². The Morgan fingerprint density at radius 2 is 2.75 bits per heavy atom. The first-order valence-corrected chi connectivity index (χ1v) is 3.10. The van der Waals surface area contributed by atoms with Crippen LogP contribution in [-0.4, -0.2) is 22.4 Å². The minimum absolute atomic E-state index is 0.346. The van der Waals surface area contributed by atoms with Crippen molar-refractivity contribution in [1.29, 1.82) is 0 Å². The van der Waals surface area contributed by atoms with Crippen molar-refractivity contribution in [3.05, 3.63) is 10.1 Å². The van der Waals surface area contributed by atoms with Crippen molar-refractivity contribution in [3.63, 3.8) is 0 Å². The molecule has 0 aromatic rings. The molecule has 1 aliphatic rings. The molecule has 0 N–H and O–H groups in total. The van der Waals surface area contributed by atoms with Crippen LogP contribution in [-0.2, 0) is 0 Å². The van der Waals surface area contributed by atoms with E-state index in [0.717, 1.165) is 0 Å². The van der Waals surface area contributed by atoms with Gasteiger partial charge in [-0.05, 0) is 0 Å². The normalized spacial score (nSPS) is 26.2. The molecule has 1 aliphatic heterocycles. The van der Waals surface area contributed by atoms with Crippen molar-refractivity contribution in [2.24, 2.45) is 4.99 Å². The Kier molecular flexibility index (Phi) is 1.48. The van der Waals surface area contributed by atoms with E-state index in [-0.39, 0.29) is 4.92 Å². The first-order valence-electron chi connectivity index (χ1n) is 2.06. The zero-order valence-corrected chi connectivity index (χ0v) is 4.80. The van der Waals surface area contributed by atoms with E-state index in [2.05, 4.69) is 4.99 Å². The number of aliphatic imine (C=N–C) groups is 1. The van der Waals surface area contributed by atoms with E-state index in [0.29, 0.717) is 5.88 Å². The summed E-state index contributed by atoms with van der Waals surface area (Å²) >= 11 is 1.23. The van der Waals surface area contributed by atoms with E-state index >= 15 is 0 Å². The molecule has 1 rings (SSSR count). The minimum atomic E-state index is -0.588. The summed E-state index contributed by atoms with van der Waals surface area (Å²) in [5, 5.41) is 9.31. The van der Waals surface area contributed by atoms with Crippen molar-refractivity contribution in [1.82, 2.24) is 0 Å². The average molecular weight is 132 g/mol. The molecule has 0 aromatic carbocycles. The summed E-state index contributed by atoms with van der Waals surface area (Å²) in [7, 11) is 0. The third kappa shape index (κ3) is 0.975. The van der Waals surface area contributed by atoms with Gasteiger partial charge >= 0.3 is 0 Å². The summed E-state index contributed by atoms with van der Waals surface area (Å²) < 4.78 is 0. The molecule has 44 valence electrons. The molecule has 1 heterocycles. The fraction of sp³-hybridized carbons (Fsp3) is 0.667. The lowest BCUT2D eigenvalue weighted by Gasteiger charge is -1.91. The minimum Gasteiger partial charge on any atom is -0.278 e. The predicted octanol–water partition coefficient (Wildman–Crippen LogP) is 0.364. The summed E-state index contributed by atoms with van der Waals surface area (Å²) in [5.74, 6) is 0.533. The van der Waals surface area contributed by atoms with Crippen LogP contribution in [0.1, 0.15) is 0 Å². The molecule has 8 heavy (non-hydrogen) atoms. The summed E-state index contributed by atoms with van der Waals surface area (Å²) in [4.78, 5) is 13.2. The zero-order chi connectivity index (χ0) is 5.98. The van der Waals surface area contributed by atoms with Gasteiger partial charge in [-0.1, -0.05) is 11.8 Å². The third-order valence-corrected chi connectivity index (χ3v) is 1.69. The molecule has 0 saturated heterocycles. The molecule has 4 nitrogen and oxygen atoms in total. The summed E-state index contributed by atoms with van der Waals surface area (Å²) in [5.41, 5.74) is 0. The first kappa shape index (κ1) is 5.55.